The number of halogens is 2. The summed E-state index contributed by atoms with van der Waals surface area (Å²) in [4.78, 5) is 0. The zero-order chi connectivity index (χ0) is 13.4. The van der Waals surface area contributed by atoms with E-state index in [-0.39, 0.29) is 5.75 Å². The molecule has 1 rings (SSSR count). The number of ether oxygens (including phenoxy) is 3. The molecule has 0 fully saturated rings. The van der Waals surface area contributed by atoms with Gasteiger partial charge in [-0.05, 0) is 18.2 Å². The minimum Gasteiger partial charge on any atom is -0.497 e. The maximum Gasteiger partial charge on any atom is 0.387 e. The van der Waals surface area contributed by atoms with Crippen LogP contribution in [0, 0.1) is 0 Å². The molecule has 0 aromatic heterocycles. The lowest BCUT2D eigenvalue weighted by Gasteiger charge is -2.12. The third-order valence-electron chi connectivity index (χ3n) is 2.28. The van der Waals surface area contributed by atoms with Gasteiger partial charge in [0.25, 0.3) is 0 Å². The minimum absolute atomic E-state index is 0.149. The first kappa shape index (κ1) is 14.7. The van der Waals surface area contributed by atoms with Crippen LogP contribution >= 0.6 is 0 Å². The van der Waals surface area contributed by atoms with Crippen LogP contribution in [0.4, 0.5) is 8.78 Å². The van der Waals surface area contributed by atoms with Crippen LogP contribution < -0.4 is 14.8 Å². The average molecular weight is 261 g/mol. The van der Waals surface area contributed by atoms with E-state index in [1.807, 2.05) is 0 Å². The Morgan fingerprint density at radius 1 is 1.28 bits per heavy atom. The normalized spacial score (nSPS) is 10.7. The van der Waals surface area contributed by atoms with E-state index in [9.17, 15) is 8.78 Å². The van der Waals surface area contributed by atoms with Gasteiger partial charge in [0.1, 0.15) is 11.5 Å². The van der Waals surface area contributed by atoms with Crippen molar-refractivity contribution >= 4 is 0 Å². The summed E-state index contributed by atoms with van der Waals surface area (Å²) in [5.41, 5.74) is 0.616. The van der Waals surface area contributed by atoms with Crippen molar-refractivity contribution in [2.24, 2.45) is 0 Å². The van der Waals surface area contributed by atoms with Gasteiger partial charge in [0.15, 0.2) is 0 Å². The number of hydrogen-bond acceptors (Lipinski definition) is 4. The highest BCUT2D eigenvalue weighted by molar-refractivity contribution is 5.40. The molecule has 0 unspecified atom stereocenters. The maximum atomic E-state index is 12.2. The maximum absolute atomic E-state index is 12.2. The summed E-state index contributed by atoms with van der Waals surface area (Å²) in [5.74, 6) is 0.746. The quantitative estimate of drug-likeness (QED) is 0.727. The highest BCUT2D eigenvalue weighted by atomic mass is 19.3. The molecule has 0 saturated heterocycles. The zero-order valence-corrected chi connectivity index (χ0v) is 10.4. The van der Waals surface area contributed by atoms with Gasteiger partial charge in [-0.25, -0.2) is 0 Å². The smallest absolute Gasteiger partial charge is 0.387 e. The lowest BCUT2D eigenvalue weighted by atomic mass is 10.2. The SMILES string of the molecule is COCCNCc1cc(OC)ccc1OC(F)F. The predicted molar refractivity (Wildman–Crippen MR) is 63.2 cm³/mol. The van der Waals surface area contributed by atoms with Crippen molar-refractivity contribution in [2.45, 2.75) is 13.2 Å². The molecule has 18 heavy (non-hydrogen) atoms. The Bertz CT molecular complexity index is 361. The number of nitrogens with one attached hydrogen (secondary N) is 1. The van der Waals surface area contributed by atoms with Crippen LogP contribution in [-0.4, -0.2) is 34.0 Å². The first-order chi connectivity index (χ1) is 8.67. The fraction of sp³-hybridized carbons (Fsp3) is 0.500. The van der Waals surface area contributed by atoms with Gasteiger partial charge in [0.2, 0.25) is 0 Å². The molecule has 0 saturated carbocycles. The van der Waals surface area contributed by atoms with Gasteiger partial charge in [0.05, 0.1) is 13.7 Å². The molecule has 0 aliphatic rings. The highest BCUT2D eigenvalue weighted by Gasteiger charge is 2.10. The molecule has 0 aliphatic heterocycles. The minimum atomic E-state index is -2.84. The second-order valence-corrected chi connectivity index (χ2v) is 3.52. The molecule has 0 amide bonds. The molecular formula is C12H17F2NO3. The monoisotopic (exact) mass is 261 g/mol. The van der Waals surface area contributed by atoms with E-state index >= 15 is 0 Å². The second-order valence-electron chi connectivity index (χ2n) is 3.52. The second kappa shape index (κ2) is 7.84. The molecule has 4 nitrogen and oxygen atoms in total. The highest BCUT2D eigenvalue weighted by Crippen LogP contribution is 2.25. The molecule has 102 valence electrons. The van der Waals surface area contributed by atoms with Gasteiger partial charge in [-0.1, -0.05) is 0 Å². The first-order valence-electron chi connectivity index (χ1n) is 5.48. The zero-order valence-electron chi connectivity index (χ0n) is 10.4. The van der Waals surface area contributed by atoms with E-state index in [0.29, 0.717) is 31.0 Å². The lowest BCUT2D eigenvalue weighted by Crippen LogP contribution is -2.19. The Morgan fingerprint density at radius 2 is 2.06 bits per heavy atom. The Kier molecular flexibility index (Phi) is 6.38. The summed E-state index contributed by atoms with van der Waals surface area (Å²) in [6, 6.07) is 4.71. The number of alkyl halides is 2. The molecule has 0 atom stereocenters. The Labute approximate surface area is 105 Å². The Balaban J connectivity index is 2.69. The molecular weight excluding hydrogens is 244 g/mol. The van der Waals surface area contributed by atoms with E-state index in [1.54, 1.807) is 19.2 Å². The number of methoxy groups -OCH3 is 2. The fourth-order valence-corrected chi connectivity index (χ4v) is 1.43. The van der Waals surface area contributed by atoms with Gasteiger partial charge in [-0.2, -0.15) is 8.78 Å². The summed E-state index contributed by atoms with van der Waals surface area (Å²) >= 11 is 0. The summed E-state index contributed by atoms with van der Waals surface area (Å²) in [5, 5.41) is 3.06. The molecule has 0 bridgehead atoms. The van der Waals surface area contributed by atoms with Crippen LogP contribution in [0.3, 0.4) is 0 Å². The molecule has 0 radical (unpaired) electrons. The van der Waals surface area contributed by atoms with Crippen LogP contribution in [0.25, 0.3) is 0 Å². The van der Waals surface area contributed by atoms with Crippen molar-refractivity contribution in [3.8, 4) is 11.5 Å². The molecule has 6 heteroatoms. The summed E-state index contributed by atoms with van der Waals surface area (Å²) < 4.78 is 38.8. The van der Waals surface area contributed by atoms with Crippen molar-refractivity contribution in [3.63, 3.8) is 0 Å². The van der Waals surface area contributed by atoms with E-state index in [4.69, 9.17) is 9.47 Å². The van der Waals surface area contributed by atoms with Gasteiger partial charge >= 0.3 is 6.61 Å². The van der Waals surface area contributed by atoms with E-state index < -0.39 is 6.61 Å². The first-order valence-corrected chi connectivity index (χ1v) is 5.48. The van der Waals surface area contributed by atoms with Crippen LogP contribution in [0.1, 0.15) is 5.56 Å². The summed E-state index contributed by atoms with van der Waals surface area (Å²) in [7, 11) is 3.11. The van der Waals surface area contributed by atoms with Crippen LogP contribution in [0.5, 0.6) is 11.5 Å². The number of hydrogen-bond donors (Lipinski definition) is 1. The van der Waals surface area contributed by atoms with Crippen LogP contribution in [-0.2, 0) is 11.3 Å². The van der Waals surface area contributed by atoms with Crippen molar-refractivity contribution in [3.05, 3.63) is 23.8 Å². The molecule has 1 aromatic rings. The van der Waals surface area contributed by atoms with Gasteiger partial charge < -0.3 is 19.5 Å². The van der Waals surface area contributed by atoms with Crippen LogP contribution in [0.2, 0.25) is 0 Å². The van der Waals surface area contributed by atoms with E-state index in [2.05, 4.69) is 10.1 Å². The lowest BCUT2D eigenvalue weighted by molar-refractivity contribution is -0.0505. The molecule has 0 heterocycles. The average Bonchev–Trinajstić information content (AvgIpc) is 2.35. The van der Waals surface area contributed by atoms with E-state index in [0.717, 1.165) is 0 Å². The van der Waals surface area contributed by atoms with Gasteiger partial charge in [-0.3, -0.25) is 0 Å². The Morgan fingerprint density at radius 3 is 2.67 bits per heavy atom. The molecule has 0 aliphatic carbocycles. The molecule has 0 spiro atoms. The summed E-state index contributed by atoms with van der Waals surface area (Å²) in [6.07, 6.45) is 0. The standard InChI is InChI=1S/C12H17F2NO3/c1-16-6-5-15-8-9-7-10(17-2)3-4-11(9)18-12(13)14/h3-4,7,12,15H,5-6,8H2,1-2H3. The topological polar surface area (TPSA) is 39.7 Å². The van der Waals surface area contributed by atoms with Crippen molar-refractivity contribution < 1.29 is 23.0 Å². The van der Waals surface area contributed by atoms with Crippen molar-refractivity contribution in [1.29, 1.82) is 0 Å². The van der Waals surface area contributed by atoms with Crippen molar-refractivity contribution in [2.75, 3.05) is 27.4 Å². The largest absolute Gasteiger partial charge is 0.497 e. The van der Waals surface area contributed by atoms with Gasteiger partial charge in [0, 0.05) is 25.8 Å². The van der Waals surface area contributed by atoms with Crippen molar-refractivity contribution in [1.82, 2.24) is 5.32 Å². The fourth-order valence-electron chi connectivity index (χ4n) is 1.43. The van der Waals surface area contributed by atoms with E-state index in [1.165, 1.54) is 13.2 Å². The third-order valence-corrected chi connectivity index (χ3v) is 2.28. The Hall–Kier alpha value is -1.40. The third kappa shape index (κ3) is 4.85. The molecule has 1 N–H and O–H groups in total. The molecule has 1 aromatic carbocycles. The summed E-state index contributed by atoms with van der Waals surface area (Å²) in [6.45, 7) is -1.25. The number of benzene rings is 1. The predicted octanol–water partition coefficient (Wildman–Crippen LogP) is 2.03. The van der Waals surface area contributed by atoms with Gasteiger partial charge in [-0.15, -0.1) is 0 Å². The number of rotatable bonds is 8. The van der Waals surface area contributed by atoms with Crippen LogP contribution in [0.15, 0.2) is 18.2 Å².